The molecule has 1 amide bonds. The second-order valence-electron chi connectivity index (χ2n) is 6.24. The van der Waals surface area contributed by atoms with Crippen LogP contribution in [-0.4, -0.2) is 43.7 Å². The molecule has 0 spiro atoms. The molecule has 0 bridgehead atoms. The quantitative estimate of drug-likeness (QED) is 0.721. The van der Waals surface area contributed by atoms with E-state index in [4.69, 9.17) is 9.47 Å². The Kier molecular flexibility index (Phi) is 7.44. The number of methoxy groups -OCH3 is 2. The Bertz CT molecular complexity index is 786. The summed E-state index contributed by atoms with van der Waals surface area (Å²) in [5.74, 6) is 0.992. The third kappa shape index (κ3) is 5.34. The van der Waals surface area contributed by atoms with E-state index in [-0.39, 0.29) is 12.5 Å². The first kappa shape index (κ1) is 20.5. The van der Waals surface area contributed by atoms with E-state index in [2.05, 4.69) is 0 Å². The maximum atomic E-state index is 12.6. The molecule has 0 aliphatic carbocycles. The van der Waals surface area contributed by atoms with Gasteiger partial charge in [0.05, 0.1) is 26.9 Å². The molecule has 0 heterocycles. The molecule has 144 valence electrons. The van der Waals surface area contributed by atoms with Crippen molar-refractivity contribution in [1.82, 2.24) is 4.90 Å². The highest BCUT2D eigenvalue weighted by atomic mass is 16.5. The van der Waals surface area contributed by atoms with Crippen LogP contribution in [0.1, 0.15) is 30.6 Å². The van der Waals surface area contributed by atoms with Crippen LogP contribution < -0.4 is 9.47 Å². The number of hydrogen-bond donors (Lipinski definition) is 1. The lowest BCUT2D eigenvalue weighted by Gasteiger charge is -2.21. The van der Waals surface area contributed by atoms with Crippen LogP contribution in [0.2, 0.25) is 0 Å². The Labute approximate surface area is 160 Å². The first-order chi connectivity index (χ1) is 13.0. The van der Waals surface area contributed by atoms with E-state index in [1.165, 1.54) is 4.90 Å². The number of hydrogen-bond acceptors (Lipinski definition) is 4. The maximum Gasteiger partial charge on any atom is 0.246 e. The van der Waals surface area contributed by atoms with E-state index in [1.54, 1.807) is 45.5 Å². The van der Waals surface area contributed by atoms with E-state index >= 15 is 0 Å². The molecule has 2 aromatic rings. The lowest BCUT2D eigenvalue weighted by molar-refractivity contribution is -0.126. The molecule has 0 aliphatic rings. The SMILES string of the molecule is CC/C(=C\C(=O)N(C)CC(O)c1ccc(OC)c(OC)c1)c1ccccc1. The van der Waals surface area contributed by atoms with E-state index in [1.807, 2.05) is 37.3 Å². The zero-order valence-electron chi connectivity index (χ0n) is 16.3. The monoisotopic (exact) mass is 369 g/mol. The molecule has 0 aliphatic heterocycles. The number of likely N-dealkylation sites (N-methyl/N-ethyl adjacent to an activating group) is 1. The molecule has 1 atom stereocenters. The Morgan fingerprint density at radius 1 is 1.11 bits per heavy atom. The van der Waals surface area contributed by atoms with Crippen molar-refractivity contribution in [2.24, 2.45) is 0 Å². The molecular formula is C22H27NO4. The molecule has 2 rings (SSSR count). The molecule has 27 heavy (non-hydrogen) atoms. The van der Waals surface area contributed by atoms with Crippen molar-refractivity contribution in [2.75, 3.05) is 27.8 Å². The van der Waals surface area contributed by atoms with Gasteiger partial charge in [-0.05, 0) is 35.3 Å². The van der Waals surface area contributed by atoms with Gasteiger partial charge < -0.3 is 19.5 Å². The Morgan fingerprint density at radius 3 is 2.37 bits per heavy atom. The van der Waals surface area contributed by atoms with Gasteiger partial charge in [-0.15, -0.1) is 0 Å². The van der Waals surface area contributed by atoms with E-state index in [0.29, 0.717) is 17.1 Å². The van der Waals surface area contributed by atoms with Crippen LogP contribution >= 0.6 is 0 Å². The van der Waals surface area contributed by atoms with Crippen molar-refractivity contribution in [2.45, 2.75) is 19.4 Å². The van der Waals surface area contributed by atoms with E-state index in [0.717, 1.165) is 17.6 Å². The van der Waals surface area contributed by atoms with Crippen molar-refractivity contribution in [1.29, 1.82) is 0 Å². The zero-order chi connectivity index (χ0) is 19.8. The Balaban J connectivity index is 2.10. The molecular weight excluding hydrogens is 342 g/mol. The summed E-state index contributed by atoms with van der Waals surface area (Å²) in [6, 6.07) is 15.1. The van der Waals surface area contributed by atoms with Gasteiger partial charge >= 0.3 is 0 Å². The molecule has 1 unspecified atom stereocenters. The van der Waals surface area contributed by atoms with Gasteiger partial charge in [0.1, 0.15) is 0 Å². The number of allylic oxidation sites excluding steroid dienone is 1. The van der Waals surface area contributed by atoms with Crippen molar-refractivity contribution in [3.8, 4) is 11.5 Å². The second-order valence-corrected chi connectivity index (χ2v) is 6.24. The van der Waals surface area contributed by atoms with Gasteiger partial charge in [0.25, 0.3) is 0 Å². The summed E-state index contributed by atoms with van der Waals surface area (Å²) < 4.78 is 10.5. The van der Waals surface area contributed by atoms with Gasteiger partial charge in [0.15, 0.2) is 11.5 Å². The van der Waals surface area contributed by atoms with Crippen LogP contribution in [0.4, 0.5) is 0 Å². The summed E-state index contributed by atoms with van der Waals surface area (Å²) in [5.41, 5.74) is 2.66. The Hall–Kier alpha value is -2.79. The molecule has 5 nitrogen and oxygen atoms in total. The van der Waals surface area contributed by atoms with Gasteiger partial charge in [-0.1, -0.05) is 43.3 Å². The minimum Gasteiger partial charge on any atom is -0.493 e. The molecule has 0 fully saturated rings. The standard InChI is InChI=1S/C22H27NO4/c1-5-16(17-9-7-6-8-10-17)14-22(25)23(2)15-19(24)18-11-12-20(26-3)21(13-18)27-4/h6-14,19,24H,5,15H2,1-4H3/b16-14+. The number of ether oxygens (including phenoxy) is 2. The van der Waals surface area contributed by atoms with E-state index in [9.17, 15) is 9.90 Å². The van der Waals surface area contributed by atoms with Crippen molar-refractivity contribution < 1.29 is 19.4 Å². The second kappa shape index (κ2) is 9.78. The molecule has 5 heteroatoms. The van der Waals surface area contributed by atoms with Gasteiger partial charge in [-0.25, -0.2) is 0 Å². The number of rotatable bonds is 8. The smallest absolute Gasteiger partial charge is 0.246 e. The highest BCUT2D eigenvalue weighted by molar-refractivity contribution is 5.95. The van der Waals surface area contributed by atoms with Crippen LogP contribution in [0.5, 0.6) is 11.5 Å². The van der Waals surface area contributed by atoms with Crippen LogP contribution in [0.25, 0.3) is 5.57 Å². The maximum absolute atomic E-state index is 12.6. The van der Waals surface area contributed by atoms with Gasteiger partial charge in [0, 0.05) is 13.1 Å². The molecule has 0 radical (unpaired) electrons. The largest absolute Gasteiger partial charge is 0.493 e. The number of amides is 1. The summed E-state index contributed by atoms with van der Waals surface area (Å²) in [7, 11) is 4.79. The number of aliphatic hydroxyl groups excluding tert-OH is 1. The van der Waals surface area contributed by atoms with E-state index < -0.39 is 6.10 Å². The number of nitrogens with zero attached hydrogens (tertiary/aromatic N) is 1. The first-order valence-corrected chi connectivity index (χ1v) is 8.91. The fourth-order valence-corrected chi connectivity index (χ4v) is 2.82. The normalized spacial score (nSPS) is 12.4. The van der Waals surface area contributed by atoms with Crippen molar-refractivity contribution in [3.05, 3.63) is 65.7 Å². The first-order valence-electron chi connectivity index (χ1n) is 8.91. The van der Waals surface area contributed by atoms with Crippen molar-refractivity contribution >= 4 is 11.5 Å². The average molecular weight is 369 g/mol. The molecule has 2 aromatic carbocycles. The third-order valence-electron chi connectivity index (χ3n) is 4.44. The molecule has 0 saturated carbocycles. The highest BCUT2D eigenvalue weighted by Crippen LogP contribution is 2.30. The van der Waals surface area contributed by atoms with Crippen LogP contribution in [0, 0.1) is 0 Å². The minimum atomic E-state index is -0.825. The minimum absolute atomic E-state index is 0.143. The van der Waals surface area contributed by atoms with Crippen molar-refractivity contribution in [3.63, 3.8) is 0 Å². The number of carbonyl (C=O) groups excluding carboxylic acids is 1. The van der Waals surface area contributed by atoms with Gasteiger partial charge in [-0.2, -0.15) is 0 Å². The summed E-state index contributed by atoms with van der Waals surface area (Å²) >= 11 is 0. The summed E-state index contributed by atoms with van der Waals surface area (Å²) in [6.45, 7) is 2.20. The summed E-state index contributed by atoms with van der Waals surface area (Å²) in [6.07, 6.45) is 1.56. The summed E-state index contributed by atoms with van der Waals surface area (Å²) in [5, 5.41) is 10.5. The van der Waals surface area contributed by atoms with Gasteiger partial charge in [-0.3, -0.25) is 4.79 Å². The van der Waals surface area contributed by atoms with Crippen LogP contribution in [-0.2, 0) is 4.79 Å². The Morgan fingerprint density at radius 2 is 1.78 bits per heavy atom. The molecule has 1 N–H and O–H groups in total. The number of benzene rings is 2. The predicted molar refractivity (Wildman–Crippen MR) is 107 cm³/mol. The lowest BCUT2D eigenvalue weighted by Crippen LogP contribution is -2.29. The topological polar surface area (TPSA) is 59.0 Å². The fraction of sp³-hybridized carbons (Fsp3) is 0.318. The summed E-state index contributed by atoms with van der Waals surface area (Å²) in [4.78, 5) is 14.1. The predicted octanol–water partition coefficient (Wildman–Crippen LogP) is 3.69. The lowest BCUT2D eigenvalue weighted by atomic mass is 10.0. The number of aliphatic hydroxyl groups is 1. The number of carbonyl (C=O) groups is 1. The van der Waals surface area contributed by atoms with Crippen LogP contribution in [0.3, 0.4) is 0 Å². The highest BCUT2D eigenvalue weighted by Gasteiger charge is 2.16. The van der Waals surface area contributed by atoms with Crippen LogP contribution in [0.15, 0.2) is 54.6 Å². The molecule has 0 aromatic heterocycles. The molecule has 0 saturated heterocycles. The zero-order valence-corrected chi connectivity index (χ0v) is 16.3. The fourth-order valence-electron chi connectivity index (χ4n) is 2.82. The van der Waals surface area contributed by atoms with Gasteiger partial charge in [0.2, 0.25) is 5.91 Å². The average Bonchev–Trinajstić information content (AvgIpc) is 2.71. The third-order valence-corrected chi connectivity index (χ3v) is 4.44.